The van der Waals surface area contributed by atoms with Crippen LogP contribution in [0, 0.1) is 0 Å². The summed E-state index contributed by atoms with van der Waals surface area (Å²) in [5.74, 6) is 0.691. The van der Waals surface area contributed by atoms with E-state index < -0.39 is 11.1 Å². The van der Waals surface area contributed by atoms with Crippen molar-refractivity contribution >= 4 is 64.5 Å². The molecule has 0 saturated heterocycles. The summed E-state index contributed by atoms with van der Waals surface area (Å²) < 4.78 is 25.5. The summed E-state index contributed by atoms with van der Waals surface area (Å²) in [5, 5.41) is 4.09. The highest BCUT2D eigenvalue weighted by Crippen LogP contribution is 2.48. The SMILES string of the molecule is COc1c(Br)cc2ccccc2c1-c1c(S(=O)OC)c(Br)cc2ccccc12. The minimum Gasteiger partial charge on any atom is -0.495 e. The second-order valence-corrected chi connectivity index (χ2v) is 9.09. The van der Waals surface area contributed by atoms with E-state index in [1.54, 1.807) is 7.11 Å². The topological polar surface area (TPSA) is 35.5 Å². The van der Waals surface area contributed by atoms with E-state index in [0.717, 1.165) is 41.6 Å². The molecule has 1 atom stereocenters. The molecule has 0 radical (unpaired) electrons. The fourth-order valence-electron chi connectivity index (χ4n) is 3.53. The quantitative estimate of drug-likeness (QED) is 0.295. The summed E-state index contributed by atoms with van der Waals surface area (Å²) in [7, 11) is 3.09. The lowest BCUT2D eigenvalue weighted by molar-refractivity contribution is 0.414. The molecule has 0 aliphatic heterocycles. The first-order valence-corrected chi connectivity index (χ1v) is 11.2. The van der Waals surface area contributed by atoms with Gasteiger partial charge in [-0.3, -0.25) is 4.18 Å². The number of rotatable bonds is 4. The predicted molar refractivity (Wildman–Crippen MR) is 122 cm³/mol. The van der Waals surface area contributed by atoms with Crippen molar-refractivity contribution in [2.24, 2.45) is 0 Å². The molecule has 4 aromatic carbocycles. The molecule has 142 valence electrons. The number of hydrogen-bond acceptors (Lipinski definition) is 3. The van der Waals surface area contributed by atoms with Crippen LogP contribution in [0.2, 0.25) is 0 Å². The van der Waals surface area contributed by atoms with Gasteiger partial charge < -0.3 is 4.74 Å². The lowest BCUT2D eigenvalue weighted by Gasteiger charge is -2.19. The van der Waals surface area contributed by atoms with Gasteiger partial charge in [0.15, 0.2) is 11.1 Å². The van der Waals surface area contributed by atoms with Crippen LogP contribution in [0.25, 0.3) is 32.7 Å². The molecule has 0 N–H and O–H groups in total. The zero-order chi connectivity index (χ0) is 19.8. The molecule has 0 bridgehead atoms. The zero-order valence-electron chi connectivity index (χ0n) is 15.2. The van der Waals surface area contributed by atoms with Crippen molar-refractivity contribution in [2.45, 2.75) is 4.90 Å². The Morgan fingerprint density at radius 2 is 1.32 bits per heavy atom. The van der Waals surface area contributed by atoms with Gasteiger partial charge in [0.2, 0.25) is 0 Å². The Hall–Kier alpha value is -1.73. The van der Waals surface area contributed by atoms with Gasteiger partial charge in [0, 0.05) is 15.6 Å². The van der Waals surface area contributed by atoms with Crippen LogP contribution in [0.4, 0.5) is 0 Å². The largest absolute Gasteiger partial charge is 0.495 e. The summed E-state index contributed by atoms with van der Waals surface area (Å²) in [5.41, 5.74) is 1.71. The lowest BCUT2D eigenvalue weighted by atomic mass is 9.93. The van der Waals surface area contributed by atoms with E-state index >= 15 is 0 Å². The first-order chi connectivity index (χ1) is 13.6. The van der Waals surface area contributed by atoms with Gasteiger partial charge in [0.05, 0.1) is 23.6 Å². The molecule has 0 aliphatic rings. The molecular weight excluding hydrogens is 504 g/mol. The standard InChI is InChI=1S/C22H16Br2O3S/c1-26-21-17(23)11-13-7-3-5-9-15(13)19(21)20-16-10-6-4-8-14(16)12-18(24)22(20)28(25)27-2/h3-12H,1-2H3. The van der Waals surface area contributed by atoms with Crippen molar-refractivity contribution in [1.82, 2.24) is 0 Å². The van der Waals surface area contributed by atoms with E-state index in [9.17, 15) is 4.21 Å². The van der Waals surface area contributed by atoms with Gasteiger partial charge in [0.25, 0.3) is 0 Å². The van der Waals surface area contributed by atoms with Crippen molar-refractivity contribution in [3.63, 3.8) is 0 Å². The normalized spacial score (nSPS) is 12.4. The maximum absolute atomic E-state index is 12.9. The van der Waals surface area contributed by atoms with Crippen molar-refractivity contribution in [1.29, 1.82) is 0 Å². The van der Waals surface area contributed by atoms with Crippen molar-refractivity contribution in [2.75, 3.05) is 14.2 Å². The molecule has 1 unspecified atom stereocenters. The molecule has 0 heterocycles. The van der Waals surface area contributed by atoms with Gasteiger partial charge in [-0.15, -0.1) is 0 Å². The fourth-order valence-corrected chi connectivity index (χ4v) is 5.74. The highest BCUT2D eigenvalue weighted by Gasteiger charge is 2.24. The lowest BCUT2D eigenvalue weighted by Crippen LogP contribution is -2.01. The fraction of sp³-hybridized carbons (Fsp3) is 0.0909. The molecule has 4 aromatic rings. The molecule has 0 amide bonds. The first-order valence-electron chi connectivity index (χ1n) is 8.50. The van der Waals surface area contributed by atoms with Crippen LogP contribution in [-0.2, 0) is 15.3 Å². The molecule has 3 nitrogen and oxygen atoms in total. The van der Waals surface area contributed by atoms with Crippen molar-refractivity contribution < 1.29 is 13.1 Å². The summed E-state index contributed by atoms with van der Waals surface area (Å²) in [6.45, 7) is 0. The van der Waals surface area contributed by atoms with Crippen LogP contribution in [0.5, 0.6) is 5.75 Å². The molecule has 4 rings (SSSR count). The smallest absolute Gasteiger partial charge is 0.190 e. The van der Waals surface area contributed by atoms with Gasteiger partial charge in [-0.05, 0) is 65.5 Å². The Labute approximate surface area is 182 Å². The maximum atomic E-state index is 12.9. The molecule has 0 aliphatic carbocycles. The van der Waals surface area contributed by atoms with Crippen LogP contribution in [0.1, 0.15) is 0 Å². The summed E-state index contributed by atoms with van der Waals surface area (Å²) in [6.07, 6.45) is 0. The van der Waals surface area contributed by atoms with Crippen LogP contribution in [-0.4, -0.2) is 18.4 Å². The molecular formula is C22H16Br2O3S. The Bertz CT molecular complexity index is 1240. The van der Waals surface area contributed by atoms with Crippen LogP contribution in [0.15, 0.2) is 74.5 Å². The molecule has 0 spiro atoms. The van der Waals surface area contributed by atoms with Crippen molar-refractivity contribution in [3.8, 4) is 16.9 Å². The van der Waals surface area contributed by atoms with Crippen molar-refractivity contribution in [3.05, 3.63) is 69.6 Å². The maximum Gasteiger partial charge on any atom is 0.190 e. The van der Waals surface area contributed by atoms with E-state index in [2.05, 4.69) is 44.0 Å². The number of fused-ring (bicyclic) bond motifs is 2. The number of ether oxygens (including phenoxy) is 1. The Morgan fingerprint density at radius 1 is 0.786 bits per heavy atom. The molecule has 28 heavy (non-hydrogen) atoms. The third-order valence-electron chi connectivity index (χ3n) is 4.68. The first kappa shape index (κ1) is 19.6. The molecule has 0 saturated carbocycles. The third-order valence-corrected chi connectivity index (χ3v) is 7.22. The van der Waals surface area contributed by atoms with E-state index in [4.69, 9.17) is 8.92 Å². The second-order valence-electron chi connectivity index (χ2n) is 6.17. The van der Waals surface area contributed by atoms with Crippen LogP contribution >= 0.6 is 31.9 Å². The van der Waals surface area contributed by atoms with E-state index in [1.165, 1.54) is 7.11 Å². The molecule has 0 aromatic heterocycles. The number of halogens is 2. The number of methoxy groups -OCH3 is 1. The number of benzene rings is 4. The monoisotopic (exact) mass is 518 g/mol. The summed E-state index contributed by atoms with van der Waals surface area (Å²) >= 11 is 5.61. The average molecular weight is 520 g/mol. The highest BCUT2D eigenvalue weighted by atomic mass is 79.9. The highest BCUT2D eigenvalue weighted by molar-refractivity contribution is 9.10. The van der Waals surface area contributed by atoms with Gasteiger partial charge in [0.1, 0.15) is 5.75 Å². The Balaban J connectivity index is 2.29. The van der Waals surface area contributed by atoms with Crippen LogP contribution in [0.3, 0.4) is 0 Å². The molecule has 0 fully saturated rings. The molecule has 6 heteroatoms. The second kappa shape index (κ2) is 7.95. The predicted octanol–water partition coefficient (Wildman–Crippen LogP) is 6.86. The van der Waals surface area contributed by atoms with Gasteiger partial charge in [-0.1, -0.05) is 48.5 Å². The van der Waals surface area contributed by atoms with E-state index in [-0.39, 0.29) is 0 Å². The summed E-state index contributed by atoms with van der Waals surface area (Å²) in [4.78, 5) is 0.586. The summed E-state index contributed by atoms with van der Waals surface area (Å²) in [6, 6.07) is 20.1. The number of hydrogen-bond donors (Lipinski definition) is 0. The minimum atomic E-state index is -1.65. The van der Waals surface area contributed by atoms with Crippen LogP contribution < -0.4 is 4.74 Å². The average Bonchev–Trinajstić information content (AvgIpc) is 2.71. The zero-order valence-corrected chi connectivity index (χ0v) is 19.2. The Kier molecular flexibility index (Phi) is 5.56. The van der Waals surface area contributed by atoms with E-state index in [1.807, 2.05) is 48.5 Å². The van der Waals surface area contributed by atoms with Gasteiger partial charge in [-0.25, -0.2) is 4.21 Å². The van der Waals surface area contributed by atoms with Gasteiger partial charge >= 0.3 is 0 Å². The third kappa shape index (κ3) is 3.18. The van der Waals surface area contributed by atoms with Gasteiger partial charge in [-0.2, -0.15) is 0 Å². The Morgan fingerprint density at radius 3 is 1.89 bits per heavy atom. The minimum absolute atomic E-state index is 0.586. The van der Waals surface area contributed by atoms with E-state index in [0.29, 0.717) is 10.6 Å².